The lowest BCUT2D eigenvalue weighted by Gasteiger charge is -2.27. The van der Waals surface area contributed by atoms with Gasteiger partial charge in [-0.15, -0.1) is 0 Å². The molecule has 2 atom stereocenters. The number of hydrogen-bond acceptors (Lipinski definition) is 4. The SMILES string of the molecule is CC1=NN(c2ccc(Cl)cc2C)C(c2cccnc2)C1C(=O)O. The Morgan fingerprint density at radius 3 is 2.70 bits per heavy atom. The molecule has 1 N–H and O–H groups in total. The molecular weight excluding hydrogens is 314 g/mol. The van der Waals surface area contributed by atoms with Gasteiger partial charge in [0, 0.05) is 17.4 Å². The summed E-state index contributed by atoms with van der Waals surface area (Å²) in [5.74, 6) is -1.61. The summed E-state index contributed by atoms with van der Waals surface area (Å²) in [6.07, 6.45) is 3.35. The Bertz CT molecular complexity index is 777. The van der Waals surface area contributed by atoms with Gasteiger partial charge in [-0.25, -0.2) is 0 Å². The highest BCUT2D eigenvalue weighted by Gasteiger charge is 2.42. The van der Waals surface area contributed by atoms with E-state index >= 15 is 0 Å². The molecule has 3 rings (SSSR count). The number of carboxylic acids is 1. The predicted molar refractivity (Wildman–Crippen MR) is 89.9 cm³/mol. The van der Waals surface area contributed by atoms with E-state index in [1.54, 1.807) is 36.5 Å². The molecule has 5 nitrogen and oxygen atoms in total. The van der Waals surface area contributed by atoms with Crippen LogP contribution in [0, 0.1) is 12.8 Å². The van der Waals surface area contributed by atoms with E-state index in [1.807, 2.05) is 25.1 Å². The largest absolute Gasteiger partial charge is 0.481 e. The van der Waals surface area contributed by atoms with Crippen LogP contribution in [0.25, 0.3) is 0 Å². The number of carbonyl (C=O) groups is 1. The zero-order chi connectivity index (χ0) is 16.6. The van der Waals surface area contributed by atoms with Crippen LogP contribution >= 0.6 is 11.6 Å². The lowest BCUT2D eigenvalue weighted by molar-refractivity contribution is -0.139. The number of aliphatic carboxylic acids is 1. The maximum absolute atomic E-state index is 11.8. The summed E-state index contributed by atoms with van der Waals surface area (Å²) >= 11 is 6.03. The summed E-state index contributed by atoms with van der Waals surface area (Å²) in [5.41, 5.74) is 3.16. The molecule has 1 aliphatic rings. The third kappa shape index (κ3) is 2.80. The highest BCUT2D eigenvalue weighted by molar-refractivity contribution is 6.30. The highest BCUT2D eigenvalue weighted by atomic mass is 35.5. The van der Waals surface area contributed by atoms with Crippen LogP contribution in [0.15, 0.2) is 47.8 Å². The van der Waals surface area contributed by atoms with E-state index in [1.165, 1.54) is 0 Å². The lowest BCUT2D eigenvalue weighted by Crippen LogP contribution is -2.30. The van der Waals surface area contributed by atoms with Gasteiger partial charge in [0.1, 0.15) is 5.92 Å². The molecule has 6 heteroatoms. The van der Waals surface area contributed by atoms with Crippen molar-refractivity contribution in [3.8, 4) is 0 Å². The van der Waals surface area contributed by atoms with Crippen molar-refractivity contribution in [2.24, 2.45) is 11.0 Å². The normalized spacial score (nSPS) is 20.5. The van der Waals surface area contributed by atoms with Gasteiger partial charge in [0.05, 0.1) is 17.4 Å². The van der Waals surface area contributed by atoms with Gasteiger partial charge in [-0.2, -0.15) is 5.10 Å². The Hall–Kier alpha value is -2.40. The minimum Gasteiger partial charge on any atom is -0.481 e. The molecule has 0 aliphatic carbocycles. The average molecular weight is 330 g/mol. The van der Waals surface area contributed by atoms with E-state index < -0.39 is 17.9 Å². The van der Waals surface area contributed by atoms with Crippen molar-refractivity contribution in [2.75, 3.05) is 5.01 Å². The molecule has 1 aromatic heterocycles. The summed E-state index contributed by atoms with van der Waals surface area (Å²) < 4.78 is 0. The molecule has 0 spiro atoms. The highest BCUT2D eigenvalue weighted by Crippen LogP contribution is 2.40. The van der Waals surface area contributed by atoms with E-state index in [-0.39, 0.29) is 0 Å². The van der Waals surface area contributed by atoms with Gasteiger partial charge in [0.25, 0.3) is 0 Å². The molecule has 23 heavy (non-hydrogen) atoms. The number of anilines is 1. The number of benzene rings is 1. The predicted octanol–water partition coefficient (Wildman–Crippen LogP) is 3.68. The Morgan fingerprint density at radius 2 is 2.09 bits per heavy atom. The van der Waals surface area contributed by atoms with E-state index in [0.29, 0.717) is 10.7 Å². The maximum atomic E-state index is 11.8. The summed E-state index contributed by atoms with van der Waals surface area (Å²) in [6, 6.07) is 8.73. The number of nitrogens with zero attached hydrogens (tertiary/aromatic N) is 3. The first-order valence-corrected chi connectivity index (χ1v) is 7.60. The fourth-order valence-electron chi connectivity index (χ4n) is 2.94. The van der Waals surface area contributed by atoms with Crippen molar-refractivity contribution >= 4 is 29.0 Å². The minimum atomic E-state index is -0.894. The number of rotatable bonds is 3. The maximum Gasteiger partial charge on any atom is 0.314 e. The Morgan fingerprint density at radius 1 is 1.30 bits per heavy atom. The molecule has 0 amide bonds. The second-order valence-corrected chi connectivity index (χ2v) is 6.00. The second-order valence-electron chi connectivity index (χ2n) is 5.56. The first-order chi connectivity index (χ1) is 11.0. The van der Waals surface area contributed by atoms with Crippen molar-refractivity contribution in [1.82, 2.24) is 4.98 Å². The molecule has 1 aromatic carbocycles. The fourth-order valence-corrected chi connectivity index (χ4v) is 3.17. The molecule has 0 radical (unpaired) electrons. The van der Waals surface area contributed by atoms with Gasteiger partial charge in [0.15, 0.2) is 0 Å². The molecule has 0 saturated heterocycles. The quantitative estimate of drug-likeness (QED) is 0.932. The number of pyridine rings is 1. The Balaban J connectivity index is 2.12. The smallest absolute Gasteiger partial charge is 0.314 e. The zero-order valence-corrected chi connectivity index (χ0v) is 13.5. The van der Waals surface area contributed by atoms with Crippen LogP contribution in [-0.4, -0.2) is 21.8 Å². The van der Waals surface area contributed by atoms with Gasteiger partial charge in [0.2, 0.25) is 0 Å². The molecule has 0 fully saturated rings. The third-order valence-corrected chi connectivity index (χ3v) is 4.23. The van der Waals surface area contributed by atoms with Crippen LogP contribution in [0.5, 0.6) is 0 Å². The standard InChI is InChI=1S/C17H16ClN3O2/c1-10-8-13(18)5-6-14(10)21-16(12-4-3-7-19-9-12)15(17(22)23)11(2)20-21/h3-9,15-16H,1-2H3,(H,22,23). The van der Waals surface area contributed by atoms with Crippen LogP contribution in [0.3, 0.4) is 0 Å². The summed E-state index contributed by atoms with van der Waals surface area (Å²) in [4.78, 5) is 15.9. The molecule has 0 saturated carbocycles. The Labute approximate surface area is 139 Å². The van der Waals surface area contributed by atoms with Crippen LogP contribution in [0.1, 0.15) is 24.1 Å². The van der Waals surface area contributed by atoms with Crippen LogP contribution < -0.4 is 5.01 Å². The lowest BCUT2D eigenvalue weighted by atomic mass is 9.91. The number of aromatic nitrogens is 1. The first kappa shape index (κ1) is 15.5. The van der Waals surface area contributed by atoms with Crippen molar-refractivity contribution in [3.05, 3.63) is 58.9 Å². The molecule has 2 heterocycles. The van der Waals surface area contributed by atoms with E-state index in [0.717, 1.165) is 16.8 Å². The van der Waals surface area contributed by atoms with Gasteiger partial charge in [-0.1, -0.05) is 17.7 Å². The topological polar surface area (TPSA) is 65.8 Å². The first-order valence-electron chi connectivity index (χ1n) is 7.22. The number of hydrazone groups is 1. The zero-order valence-electron chi connectivity index (χ0n) is 12.8. The number of aryl methyl sites for hydroxylation is 1. The fraction of sp³-hybridized carbons (Fsp3) is 0.235. The van der Waals surface area contributed by atoms with Gasteiger partial charge in [-0.3, -0.25) is 14.8 Å². The van der Waals surface area contributed by atoms with Crippen molar-refractivity contribution < 1.29 is 9.90 Å². The molecule has 2 aromatic rings. The van der Waals surface area contributed by atoms with Crippen LogP contribution in [-0.2, 0) is 4.79 Å². The number of carboxylic acid groups (broad SMARTS) is 1. The summed E-state index contributed by atoms with van der Waals surface area (Å²) in [5, 5.41) is 16.6. The van der Waals surface area contributed by atoms with Crippen LogP contribution in [0.2, 0.25) is 5.02 Å². The summed E-state index contributed by atoms with van der Waals surface area (Å²) in [7, 11) is 0. The average Bonchev–Trinajstić information content (AvgIpc) is 2.85. The van der Waals surface area contributed by atoms with Gasteiger partial charge >= 0.3 is 5.97 Å². The summed E-state index contributed by atoms with van der Waals surface area (Å²) in [6.45, 7) is 3.67. The Kier molecular flexibility index (Phi) is 4.05. The van der Waals surface area contributed by atoms with Gasteiger partial charge < -0.3 is 5.11 Å². The molecule has 0 bridgehead atoms. The van der Waals surface area contributed by atoms with Crippen molar-refractivity contribution in [2.45, 2.75) is 19.9 Å². The molecule has 1 aliphatic heterocycles. The molecule has 118 valence electrons. The third-order valence-electron chi connectivity index (χ3n) is 3.99. The number of halogens is 1. The molecule has 2 unspecified atom stereocenters. The van der Waals surface area contributed by atoms with E-state index in [2.05, 4.69) is 10.1 Å². The van der Waals surface area contributed by atoms with Crippen molar-refractivity contribution in [3.63, 3.8) is 0 Å². The van der Waals surface area contributed by atoms with Gasteiger partial charge in [-0.05, 0) is 49.2 Å². The second kappa shape index (κ2) is 6.01. The monoisotopic (exact) mass is 329 g/mol. The molecular formula is C17H16ClN3O2. The van der Waals surface area contributed by atoms with Crippen LogP contribution in [0.4, 0.5) is 5.69 Å². The minimum absolute atomic E-state index is 0.430. The van der Waals surface area contributed by atoms with E-state index in [9.17, 15) is 9.90 Å². The number of hydrogen-bond donors (Lipinski definition) is 1. The van der Waals surface area contributed by atoms with Crippen molar-refractivity contribution in [1.29, 1.82) is 0 Å². The van der Waals surface area contributed by atoms with E-state index in [4.69, 9.17) is 11.6 Å².